The van der Waals surface area contributed by atoms with Gasteiger partial charge in [-0.25, -0.2) is 0 Å². The molecule has 0 fully saturated rings. The molecule has 0 N–H and O–H groups in total. The van der Waals surface area contributed by atoms with Gasteiger partial charge in [0.15, 0.2) is 0 Å². The number of ether oxygens (including phenoxy) is 1. The van der Waals surface area contributed by atoms with E-state index >= 15 is 0 Å². The summed E-state index contributed by atoms with van der Waals surface area (Å²) in [6.45, 7) is 3.44. The molecule has 0 aliphatic carbocycles. The van der Waals surface area contributed by atoms with E-state index in [1.807, 2.05) is 29.1 Å². The highest BCUT2D eigenvalue weighted by atomic mass is 32.1. The number of hydrogen-bond donors (Lipinski definition) is 0. The normalized spacial score (nSPS) is 10.7. The van der Waals surface area contributed by atoms with Crippen LogP contribution in [-0.4, -0.2) is 16.4 Å². The van der Waals surface area contributed by atoms with Gasteiger partial charge in [0.05, 0.1) is 12.2 Å². The molecule has 0 unspecified atom stereocenters. The van der Waals surface area contributed by atoms with Crippen LogP contribution in [0.4, 0.5) is 0 Å². The summed E-state index contributed by atoms with van der Waals surface area (Å²) in [6, 6.07) is 12.2. The van der Waals surface area contributed by atoms with Crippen molar-refractivity contribution < 1.29 is 4.74 Å². The first kappa shape index (κ1) is 12.9. The molecule has 0 radical (unpaired) electrons. The standard InChI is InChI=1S/C16H16N2OS/c1-13-2-4-15(5-3-13)19-10-9-18-8-6-16(17-18)14-7-11-20-12-14/h2-8,11-12H,9-10H2,1H3. The van der Waals surface area contributed by atoms with Gasteiger partial charge in [-0.1, -0.05) is 17.7 Å². The molecule has 0 spiro atoms. The predicted molar refractivity (Wildman–Crippen MR) is 82.2 cm³/mol. The Balaban J connectivity index is 1.55. The van der Waals surface area contributed by atoms with Crippen LogP contribution in [0, 0.1) is 6.92 Å². The molecule has 0 saturated heterocycles. The summed E-state index contributed by atoms with van der Waals surface area (Å²) in [7, 11) is 0. The van der Waals surface area contributed by atoms with Crippen LogP contribution < -0.4 is 4.74 Å². The molecule has 4 heteroatoms. The van der Waals surface area contributed by atoms with Crippen LogP contribution in [0.5, 0.6) is 5.75 Å². The molecule has 0 aliphatic heterocycles. The van der Waals surface area contributed by atoms with Gasteiger partial charge in [0.1, 0.15) is 12.4 Å². The summed E-state index contributed by atoms with van der Waals surface area (Å²) in [6.07, 6.45) is 1.99. The maximum Gasteiger partial charge on any atom is 0.119 e. The van der Waals surface area contributed by atoms with E-state index < -0.39 is 0 Å². The van der Waals surface area contributed by atoms with Crippen molar-refractivity contribution in [1.29, 1.82) is 0 Å². The Morgan fingerprint density at radius 3 is 2.75 bits per heavy atom. The van der Waals surface area contributed by atoms with Crippen molar-refractivity contribution in [3.05, 3.63) is 58.9 Å². The molecule has 3 aromatic rings. The SMILES string of the molecule is Cc1ccc(OCCn2ccc(-c3ccsc3)n2)cc1. The number of nitrogens with zero attached hydrogens (tertiary/aromatic N) is 2. The summed E-state index contributed by atoms with van der Waals surface area (Å²) in [4.78, 5) is 0. The zero-order chi connectivity index (χ0) is 13.8. The molecule has 3 nitrogen and oxygen atoms in total. The van der Waals surface area contributed by atoms with Gasteiger partial charge in [-0.05, 0) is 36.6 Å². The lowest BCUT2D eigenvalue weighted by atomic mass is 10.2. The van der Waals surface area contributed by atoms with Crippen LogP contribution in [0.3, 0.4) is 0 Å². The highest BCUT2D eigenvalue weighted by Crippen LogP contribution is 2.19. The topological polar surface area (TPSA) is 27.1 Å². The Kier molecular flexibility index (Phi) is 3.83. The van der Waals surface area contributed by atoms with Crippen LogP contribution >= 0.6 is 11.3 Å². The number of thiophene rings is 1. The van der Waals surface area contributed by atoms with E-state index in [1.165, 1.54) is 11.1 Å². The smallest absolute Gasteiger partial charge is 0.119 e. The Morgan fingerprint density at radius 2 is 2.00 bits per heavy atom. The first-order valence-electron chi connectivity index (χ1n) is 6.57. The van der Waals surface area contributed by atoms with E-state index in [-0.39, 0.29) is 0 Å². The molecule has 0 atom stereocenters. The van der Waals surface area contributed by atoms with Crippen LogP contribution in [0.2, 0.25) is 0 Å². The minimum Gasteiger partial charge on any atom is -0.492 e. The minimum atomic E-state index is 0.619. The quantitative estimate of drug-likeness (QED) is 0.708. The second kappa shape index (κ2) is 5.92. The number of rotatable bonds is 5. The lowest BCUT2D eigenvalue weighted by molar-refractivity contribution is 0.291. The molecule has 3 rings (SSSR count). The van der Waals surface area contributed by atoms with Gasteiger partial charge >= 0.3 is 0 Å². The van der Waals surface area contributed by atoms with Crippen molar-refractivity contribution in [2.45, 2.75) is 13.5 Å². The largest absolute Gasteiger partial charge is 0.492 e. The lowest BCUT2D eigenvalue weighted by Gasteiger charge is -2.06. The van der Waals surface area contributed by atoms with Gasteiger partial charge in [0.2, 0.25) is 0 Å². The molecular formula is C16H16N2OS. The maximum atomic E-state index is 5.71. The van der Waals surface area contributed by atoms with Crippen molar-refractivity contribution >= 4 is 11.3 Å². The van der Waals surface area contributed by atoms with E-state index in [0.29, 0.717) is 6.61 Å². The van der Waals surface area contributed by atoms with Gasteiger partial charge < -0.3 is 4.74 Å². The fourth-order valence-corrected chi connectivity index (χ4v) is 2.59. The van der Waals surface area contributed by atoms with Crippen LogP contribution in [-0.2, 0) is 6.54 Å². The fourth-order valence-electron chi connectivity index (χ4n) is 1.94. The summed E-state index contributed by atoms with van der Waals surface area (Å²) in [5, 5.41) is 8.71. The maximum absolute atomic E-state index is 5.71. The number of aryl methyl sites for hydroxylation is 1. The van der Waals surface area contributed by atoms with Gasteiger partial charge in [0, 0.05) is 17.1 Å². The summed E-state index contributed by atoms with van der Waals surface area (Å²) in [5.74, 6) is 0.904. The average Bonchev–Trinajstić information content (AvgIpc) is 3.11. The van der Waals surface area contributed by atoms with Gasteiger partial charge in [-0.3, -0.25) is 4.68 Å². The summed E-state index contributed by atoms with van der Waals surface area (Å²) < 4.78 is 7.62. The minimum absolute atomic E-state index is 0.619. The molecule has 0 amide bonds. The molecule has 102 valence electrons. The third-order valence-corrected chi connectivity index (χ3v) is 3.75. The Labute approximate surface area is 122 Å². The highest BCUT2D eigenvalue weighted by molar-refractivity contribution is 7.08. The number of hydrogen-bond acceptors (Lipinski definition) is 3. The Morgan fingerprint density at radius 1 is 1.15 bits per heavy atom. The van der Waals surface area contributed by atoms with Crippen molar-refractivity contribution in [3.63, 3.8) is 0 Å². The summed E-state index contributed by atoms with van der Waals surface area (Å²) >= 11 is 1.69. The van der Waals surface area contributed by atoms with Crippen LogP contribution in [0.25, 0.3) is 11.3 Å². The van der Waals surface area contributed by atoms with Gasteiger partial charge in [0.25, 0.3) is 0 Å². The molecule has 0 aliphatic rings. The molecule has 2 heterocycles. The fraction of sp³-hybridized carbons (Fsp3) is 0.188. The van der Waals surface area contributed by atoms with Gasteiger partial charge in [-0.2, -0.15) is 16.4 Å². The van der Waals surface area contributed by atoms with E-state index in [2.05, 4.69) is 41.0 Å². The van der Waals surface area contributed by atoms with E-state index in [1.54, 1.807) is 11.3 Å². The van der Waals surface area contributed by atoms with Crippen LogP contribution in [0.15, 0.2) is 53.4 Å². The molecule has 0 saturated carbocycles. The molecule has 0 bridgehead atoms. The zero-order valence-electron chi connectivity index (χ0n) is 11.3. The monoisotopic (exact) mass is 284 g/mol. The first-order chi connectivity index (χ1) is 9.81. The predicted octanol–water partition coefficient (Wildman–Crippen LogP) is 4.00. The molecule has 2 aromatic heterocycles. The van der Waals surface area contributed by atoms with Gasteiger partial charge in [-0.15, -0.1) is 0 Å². The Bertz CT molecular complexity index is 656. The third kappa shape index (κ3) is 3.08. The average molecular weight is 284 g/mol. The first-order valence-corrected chi connectivity index (χ1v) is 7.51. The van der Waals surface area contributed by atoms with Crippen molar-refractivity contribution in [2.24, 2.45) is 0 Å². The second-order valence-electron chi connectivity index (χ2n) is 4.64. The van der Waals surface area contributed by atoms with Crippen molar-refractivity contribution in [2.75, 3.05) is 6.61 Å². The Hall–Kier alpha value is -2.07. The second-order valence-corrected chi connectivity index (χ2v) is 5.42. The summed E-state index contributed by atoms with van der Waals surface area (Å²) in [5.41, 5.74) is 3.43. The highest BCUT2D eigenvalue weighted by Gasteiger charge is 2.02. The molecule has 1 aromatic carbocycles. The van der Waals surface area contributed by atoms with Crippen molar-refractivity contribution in [1.82, 2.24) is 9.78 Å². The molecular weight excluding hydrogens is 268 g/mol. The van der Waals surface area contributed by atoms with Crippen molar-refractivity contribution in [3.8, 4) is 17.0 Å². The third-order valence-electron chi connectivity index (χ3n) is 3.07. The number of benzene rings is 1. The lowest BCUT2D eigenvalue weighted by Crippen LogP contribution is -2.08. The van der Waals surface area contributed by atoms with E-state index in [9.17, 15) is 0 Å². The molecule has 20 heavy (non-hydrogen) atoms. The van der Waals surface area contributed by atoms with E-state index in [0.717, 1.165) is 18.0 Å². The number of aromatic nitrogens is 2. The van der Waals surface area contributed by atoms with Crippen LogP contribution in [0.1, 0.15) is 5.56 Å². The van der Waals surface area contributed by atoms with E-state index in [4.69, 9.17) is 4.74 Å². The zero-order valence-corrected chi connectivity index (χ0v) is 12.1.